The standard InChI is InChI=1S/C14H22N2S/c1-11(14-5-3-9-17-14)15-12-6-8-16-7-2-4-13(16)10-12/h3,5,9,11-13,15H,2,4,6-8,10H2,1H3/t11-,12?,13?/m1/s1. The second-order valence-corrected chi connectivity index (χ2v) is 6.44. The van der Waals surface area contributed by atoms with Crippen LogP contribution in [0.15, 0.2) is 17.5 Å². The van der Waals surface area contributed by atoms with Crippen LogP contribution in [0.1, 0.15) is 43.5 Å². The summed E-state index contributed by atoms with van der Waals surface area (Å²) in [5.74, 6) is 0. The van der Waals surface area contributed by atoms with Gasteiger partial charge in [0.2, 0.25) is 0 Å². The molecule has 3 heteroatoms. The molecule has 0 bridgehead atoms. The van der Waals surface area contributed by atoms with E-state index >= 15 is 0 Å². The molecule has 2 aliphatic rings. The molecular formula is C14H22N2S. The minimum Gasteiger partial charge on any atom is -0.307 e. The van der Waals surface area contributed by atoms with E-state index in [1.165, 1.54) is 43.6 Å². The van der Waals surface area contributed by atoms with Crippen LogP contribution in [0.4, 0.5) is 0 Å². The first-order valence-corrected chi connectivity index (χ1v) is 7.74. The maximum Gasteiger partial charge on any atom is 0.0388 e. The summed E-state index contributed by atoms with van der Waals surface area (Å²) in [7, 11) is 0. The van der Waals surface area contributed by atoms with Crippen LogP contribution in [-0.2, 0) is 0 Å². The van der Waals surface area contributed by atoms with Crippen LogP contribution in [0.3, 0.4) is 0 Å². The van der Waals surface area contributed by atoms with Crippen molar-refractivity contribution in [3.63, 3.8) is 0 Å². The van der Waals surface area contributed by atoms with Crippen molar-refractivity contribution in [2.45, 2.75) is 50.7 Å². The third-order valence-corrected chi connectivity index (χ3v) is 5.33. The predicted octanol–water partition coefficient (Wildman–Crippen LogP) is 3.03. The third-order valence-electron chi connectivity index (χ3n) is 4.28. The highest BCUT2D eigenvalue weighted by atomic mass is 32.1. The van der Waals surface area contributed by atoms with E-state index in [-0.39, 0.29) is 0 Å². The van der Waals surface area contributed by atoms with Gasteiger partial charge in [0, 0.05) is 23.0 Å². The average molecular weight is 250 g/mol. The molecule has 2 aliphatic heterocycles. The summed E-state index contributed by atoms with van der Waals surface area (Å²) in [6.45, 7) is 4.95. The molecule has 3 atom stereocenters. The molecule has 2 unspecified atom stereocenters. The molecule has 0 spiro atoms. The fourth-order valence-corrected chi connectivity index (χ4v) is 4.09. The molecule has 2 fully saturated rings. The highest BCUT2D eigenvalue weighted by Gasteiger charge is 2.31. The van der Waals surface area contributed by atoms with Gasteiger partial charge in [-0.15, -0.1) is 11.3 Å². The van der Waals surface area contributed by atoms with Crippen molar-refractivity contribution in [2.24, 2.45) is 0 Å². The van der Waals surface area contributed by atoms with Gasteiger partial charge in [-0.2, -0.15) is 0 Å². The monoisotopic (exact) mass is 250 g/mol. The van der Waals surface area contributed by atoms with Crippen LogP contribution in [0, 0.1) is 0 Å². The molecule has 1 N–H and O–H groups in total. The van der Waals surface area contributed by atoms with E-state index in [2.05, 4.69) is 34.7 Å². The van der Waals surface area contributed by atoms with Gasteiger partial charge in [0.05, 0.1) is 0 Å². The second-order valence-electron chi connectivity index (χ2n) is 5.46. The first-order chi connectivity index (χ1) is 8.33. The topological polar surface area (TPSA) is 15.3 Å². The van der Waals surface area contributed by atoms with Crippen molar-refractivity contribution in [1.29, 1.82) is 0 Å². The molecule has 3 heterocycles. The lowest BCUT2D eigenvalue weighted by Gasteiger charge is -2.36. The number of nitrogens with zero attached hydrogens (tertiary/aromatic N) is 1. The minimum atomic E-state index is 0.521. The Bertz CT molecular complexity index is 349. The van der Waals surface area contributed by atoms with Crippen molar-refractivity contribution >= 4 is 11.3 Å². The van der Waals surface area contributed by atoms with E-state index in [0.29, 0.717) is 6.04 Å². The lowest BCUT2D eigenvalue weighted by Crippen LogP contribution is -2.46. The van der Waals surface area contributed by atoms with E-state index in [4.69, 9.17) is 0 Å². The van der Waals surface area contributed by atoms with E-state index in [9.17, 15) is 0 Å². The molecule has 0 saturated carbocycles. The Morgan fingerprint density at radius 1 is 1.41 bits per heavy atom. The molecule has 1 aromatic rings. The Labute approximate surface area is 108 Å². The predicted molar refractivity (Wildman–Crippen MR) is 73.5 cm³/mol. The summed E-state index contributed by atoms with van der Waals surface area (Å²) in [4.78, 5) is 4.16. The molecule has 94 valence electrons. The van der Waals surface area contributed by atoms with Gasteiger partial charge in [0.25, 0.3) is 0 Å². The van der Waals surface area contributed by atoms with E-state index < -0.39 is 0 Å². The van der Waals surface area contributed by atoms with Crippen LogP contribution in [0.5, 0.6) is 0 Å². The van der Waals surface area contributed by atoms with Crippen LogP contribution in [0.2, 0.25) is 0 Å². The van der Waals surface area contributed by atoms with Crippen molar-refractivity contribution in [3.8, 4) is 0 Å². The lowest BCUT2D eigenvalue weighted by atomic mass is 9.97. The molecule has 3 rings (SSSR count). The maximum atomic E-state index is 3.82. The molecular weight excluding hydrogens is 228 g/mol. The molecule has 17 heavy (non-hydrogen) atoms. The molecule has 0 radical (unpaired) electrons. The van der Waals surface area contributed by atoms with E-state index in [0.717, 1.165) is 12.1 Å². The summed E-state index contributed by atoms with van der Waals surface area (Å²) < 4.78 is 0. The number of nitrogens with one attached hydrogen (secondary N) is 1. The van der Waals surface area contributed by atoms with Gasteiger partial charge < -0.3 is 10.2 Å². The van der Waals surface area contributed by atoms with Gasteiger partial charge in [-0.3, -0.25) is 0 Å². The van der Waals surface area contributed by atoms with Crippen LogP contribution >= 0.6 is 11.3 Å². The number of rotatable bonds is 3. The highest BCUT2D eigenvalue weighted by Crippen LogP contribution is 2.28. The number of fused-ring (bicyclic) bond motifs is 1. The van der Waals surface area contributed by atoms with E-state index in [1.54, 1.807) is 0 Å². The van der Waals surface area contributed by atoms with Crippen molar-refractivity contribution < 1.29 is 0 Å². The van der Waals surface area contributed by atoms with Gasteiger partial charge >= 0.3 is 0 Å². The number of piperidine rings is 1. The molecule has 0 amide bonds. The molecule has 2 nitrogen and oxygen atoms in total. The minimum absolute atomic E-state index is 0.521. The van der Waals surface area contributed by atoms with Gasteiger partial charge in [-0.1, -0.05) is 6.07 Å². The largest absolute Gasteiger partial charge is 0.307 e. The Hall–Kier alpha value is -0.380. The maximum absolute atomic E-state index is 3.82. The van der Waals surface area contributed by atoms with Crippen LogP contribution in [-0.4, -0.2) is 30.1 Å². The molecule has 0 aromatic carbocycles. The zero-order chi connectivity index (χ0) is 11.7. The van der Waals surface area contributed by atoms with Gasteiger partial charge in [0.15, 0.2) is 0 Å². The first-order valence-electron chi connectivity index (χ1n) is 6.86. The highest BCUT2D eigenvalue weighted by molar-refractivity contribution is 7.10. The van der Waals surface area contributed by atoms with Crippen molar-refractivity contribution in [1.82, 2.24) is 10.2 Å². The normalized spacial score (nSPS) is 31.4. The molecule has 2 saturated heterocycles. The van der Waals surface area contributed by atoms with Gasteiger partial charge in [0.1, 0.15) is 0 Å². The Balaban J connectivity index is 1.55. The van der Waals surface area contributed by atoms with Gasteiger partial charge in [-0.25, -0.2) is 0 Å². The fourth-order valence-electron chi connectivity index (χ4n) is 3.35. The zero-order valence-corrected chi connectivity index (χ0v) is 11.4. The lowest BCUT2D eigenvalue weighted by molar-refractivity contribution is 0.162. The van der Waals surface area contributed by atoms with Crippen molar-refractivity contribution in [3.05, 3.63) is 22.4 Å². The van der Waals surface area contributed by atoms with E-state index in [1.807, 2.05) is 11.3 Å². The number of thiophene rings is 1. The Morgan fingerprint density at radius 3 is 3.18 bits per heavy atom. The molecule has 1 aromatic heterocycles. The van der Waals surface area contributed by atoms with Gasteiger partial charge in [-0.05, 0) is 57.1 Å². The summed E-state index contributed by atoms with van der Waals surface area (Å²) >= 11 is 1.87. The summed E-state index contributed by atoms with van der Waals surface area (Å²) in [6.07, 6.45) is 5.52. The second kappa shape index (κ2) is 5.09. The van der Waals surface area contributed by atoms with Crippen LogP contribution < -0.4 is 5.32 Å². The fraction of sp³-hybridized carbons (Fsp3) is 0.714. The summed E-state index contributed by atoms with van der Waals surface area (Å²) in [5.41, 5.74) is 0. The summed E-state index contributed by atoms with van der Waals surface area (Å²) in [5, 5.41) is 5.99. The SMILES string of the molecule is C[C@@H](NC1CCN2CCCC2C1)c1cccs1. The Morgan fingerprint density at radius 2 is 2.35 bits per heavy atom. The smallest absolute Gasteiger partial charge is 0.0388 e. The number of hydrogen-bond acceptors (Lipinski definition) is 3. The van der Waals surface area contributed by atoms with Crippen LogP contribution in [0.25, 0.3) is 0 Å². The zero-order valence-electron chi connectivity index (χ0n) is 10.6. The quantitative estimate of drug-likeness (QED) is 0.887. The summed E-state index contributed by atoms with van der Waals surface area (Å²) in [6, 6.07) is 6.52. The molecule has 0 aliphatic carbocycles. The Kier molecular flexibility index (Phi) is 3.50. The number of hydrogen-bond donors (Lipinski definition) is 1. The van der Waals surface area contributed by atoms with Crippen molar-refractivity contribution in [2.75, 3.05) is 13.1 Å². The average Bonchev–Trinajstić information content (AvgIpc) is 2.99. The first kappa shape index (κ1) is 11.7. The third kappa shape index (κ3) is 2.56.